The topological polar surface area (TPSA) is 72.8 Å². The Hall–Kier alpha value is -2.71. The smallest absolute Gasteiger partial charge is 0.350 e. The average Bonchev–Trinajstić information content (AvgIpc) is 3.12. The minimum absolute atomic E-state index is 0.418. The number of esters is 1. The summed E-state index contributed by atoms with van der Waals surface area (Å²) in [6, 6.07) is 15.1. The minimum atomic E-state index is -0.433. The Bertz CT molecular complexity index is 974. The third-order valence-electron chi connectivity index (χ3n) is 3.60. The number of hydrazone groups is 1. The molecular formula is C19H16BrN3O3S. The number of halogens is 1. The van der Waals surface area contributed by atoms with Gasteiger partial charge in [0.2, 0.25) is 5.13 Å². The first-order valence-corrected chi connectivity index (χ1v) is 9.50. The predicted molar refractivity (Wildman–Crippen MR) is 111 cm³/mol. The lowest BCUT2D eigenvalue weighted by Gasteiger charge is -2.04. The zero-order chi connectivity index (χ0) is 19.2. The molecule has 0 fully saturated rings. The molecule has 3 rings (SSSR count). The Labute approximate surface area is 169 Å². The number of rotatable bonds is 6. The Balaban J connectivity index is 1.87. The minimum Gasteiger partial charge on any atom is -0.496 e. The van der Waals surface area contributed by atoms with Crippen molar-refractivity contribution in [1.82, 2.24) is 4.98 Å². The van der Waals surface area contributed by atoms with Gasteiger partial charge in [-0.05, 0) is 18.2 Å². The summed E-state index contributed by atoms with van der Waals surface area (Å²) in [5.74, 6) is 0.264. The number of thiazole rings is 1. The third kappa shape index (κ3) is 4.53. The molecule has 0 radical (unpaired) electrons. The number of benzene rings is 2. The molecule has 0 bridgehead atoms. The first-order valence-electron chi connectivity index (χ1n) is 7.89. The molecule has 0 unspecified atom stereocenters. The highest BCUT2D eigenvalue weighted by molar-refractivity contribution is 9.10. The van der Waals surface area contributed by atoms with Gasteiger partial charge in [-0.25, -0.2) is 9.78 Å². The molecule has 0 saturated heterocycles. The van der Waals surface area contributed by atoms with Crippen LogP contribution in [-0.2, 0) is 4.74 Å². The molecule has 1 N–H and O–H groups in total. The molecule has 1 heterocycles. The maximum Gasteiger partial charge on any atom is 0.350 e. The van der Waals surface area contributed by atoms with Crippen molar-refractivity contribution in [2.24, 2.45) is 5.10 Å². The van der Waals surface area contributed by atoms with Crippen molar-refractivity contribution in [3.63, 3.8) is 0 Å². The standard InChI is InChI=1S/C19H16BrN3O3S/c1-25-15-9-8-14(20)10-13(15)11-21-23-19-22-16(12-6-4-3-5-7-12)17(27-19)18(24)26-2/h3-11H,1-2H3,(H,22,23)/b21-11-. The fourth-order valence-corrected chi connectivity index (χ4v) is 3.59. The van der Waals surface area contributed by atoms with E-state index in [-0.39, 0.29) is 0 Å². The second-order valence-electron chi connectivity index (χ2n) is 5.31. The van der Waals surface area contributed by atoms with E-state index in [0.29, 0.717) is 21.5 Å². The predicted octanol–water partition coefficient (Wildman–Crippen LogP) is 4.81. The Morgan fingerprint density at radius 3 is 2.70 bits per heavy atom. The molecule has 0 aliphatic rings. The lowest BCUT2D eigenvalue weighted by Crippen LogP contribution is -2.00. The highest BCUT2D eigenvalue weighted by Crippen LogP contribution is 2.31. The highest BCUT2D eigenvalue weighted by atomic mass is 79.9. The molecule has 1 aromatic heterocycles. The fraction of sp³-hybridized carbons (Fsp3) is 0.105. The number of methoxy groups -OCH3 is 2. The molecule has 2 aromatic carbocycles. The van der Waals surface area contributed by atoms with Gasteiger partial charge >= 0.3 is 5.97 Å². The second-order valence-corrected chi connectivity index (χ2v) is 7.23. The number of aromatic nitrogens is 1. The van der Waals surface area contributed by atoms with Crippen LogP contribution in [-0.4, -0.2) is 31.4 Å². The number of hydrogen-bond acceptors (Lipinski definition) is 7. The Morgan fingerprint density at radius 1 is 1.22 bits per heavy atom. The molecule has 138 valence electrons. The maximum atomic E-state index is 12.1. The molecule has 6 nitrogen and oxygen atoms in total. The molecule has 0 aliphatic carbocycles. The van der Waals surface area contributed by atoms with Crippen LogP contribution in [0.1, 0.15) is 15.2 Å². The van der Waals surface area contributed by atoms with Crippen LogP contribution in [0.25, 0.3) is 11.3 Å². The molecule has 3 aromatic rings. The summed E-state index contributed by atoms with van der Waals surface area (Å²) in [5.41, 5.74) is 5.06. The van der Waals surface area contributed by atoms with Gasteiger partial charge in [-0.3, -0.25) is 5.43 Å². The molecule has 0 atom stereocenters. The lowest BCUT2D eigenvalue weighted by atomic mass is 10.1. The number of carbonyl (C=O) groups excluding carboxylic acids is 1. The monoisotopic (exact) mass is 445 g/mol. The van der Waals surface area contributed by atoms with Crippen LogP contribution in [0.3, 0.4) is 0 Å². The summed E-state index contributed by atoms with van der Waals surface area (Å²) in [4.78, 5) is 17.0. The van der Waals surface area contributed by atoms with Gasteiger partial charge < -0.3 is 9.47 Å². The van der Waals surface area contributed by atoms with Crippen LogP contribution < -0.4 is 10.2 Å². The van der Waals surface area contributed by atoms with E-state index in [4.69, 9.17) is 9.47 Å². The maximum absolute atomic E-state index is 12.1. The van der Waals surface area contributed by atoms with Gasteiger partial charge in [-0.15, -0.1) is 0 Å². The van der Waals surface area contributed by atoms with E-state index in [9.17, 15) is 4.79 Å². The largest absolute Gasteiger partial charge is 0.496 e. The van der Waals surface area contributed by atoms with Crippen molar-refractivity contribution >= 4 is 44.6 Å². The van der Waals surface area contributed by atoms with Gasteiger partial charge in [0.05, 0.1) is 26.1 Å². The number of carbonyl (C=O) groups is 1. The van der Waals surface area contributed by atoms with Crippen molar-refractivity contribution in [3.05, 3.63) is 63.4 Å². The van der Waals surface area contributed by atoms with Crippen LogP contribution in [0.5, 0.6) is 5.75 Å². The Morgan fingerprint density at radius 2 is 2.00 bits per heavy atom. The number of ether oxygens (including phenoxy) is 2. The molecular weight excluding hydrogens is 430 g/mol. The number of nitrogens with zero attached hydrogens (tertiary/aromatic N) is 2. The van der Waals surface area contributed by atoms with Gasteiger partial charge in [0.15, 0.2) is 0 Å². The molecule has 8 heteroatoms. The normalized spacial score (nSPS) is 10.8. The number of nitrogens with one attached hydrogen (secondary N) is 1. The zero-order valence-electron chi connectivity index (χ0n) is 14.6. The van der Waals surface area contributed by atoms with Crippen molar-refractivity contribution in [2.45, 2.75) is 0 Å². The lowest BCUT2D eigenvalue weighted by molar-refractivity contribution is 0.0607. The van der Waals surface area contributed by atoms with Crippen LogP contribution in [0.4, 0.5) is 5.13 Å². The summed E-state index contributed by atoms with van der Waals surface area (Å²) in [7, 11) is 2.95. The van der Waals surface area contributed by atoms with Crippen molar-refractivity contribution in [1.29, 1.82) is 0 Å². The first-order chi connectivity index (χ1) is 13.1. The van der Waals surface area contributed by atoms with E-state index >= 15 is 0 Å². The van der Waals surface area contributed by atoms with Gasteiger partial charge in [0.25, 0.3) is 0 Å². The second kappa shape index (κ2) is 8.79. The van der Waals surface area contributed by atoms with Crippen molar-refractivity contribution < 1.29 is 14.3 Å². The molecule has 0 spiro atoms. The molecule has 0 aliphatic heterocycles. The first kappa shape index (κ1) is 19.1. The van der Waals surface area contributed by atoms with Gasteiger partial charge in [0, 0.05) is 15.6 Å². The molecule has 0 saturated carbocycles. The van der Waals surface area contributed by atoms with E-state index in [1.807, 2.05) is 48.5 Å². The average molecular weight is 446 g/mol. The number of hydrogen-bond donors (Lipinski definition) is 1. The van der Waals surface area contributed by atoms with Gasteiger partial charge in [-0.2, -0.15) is 5.10 Å². The van der Waals surface area contributed by atoms with E-state index < -0.39 is 5.97 Å². The summed E-state index contributed by atoms with van der Waals surface area (Å²) in [5, 5.41) is 4.70. The summed E-state index contributed by atoms with van der Waals surface area (Å²) < 4.78 is 11.1. The summed E-state index contributed by atoms with van der Waals surface area (Å²) in [6.07, 6.45) is 1.63. The van der Waals surface area contributed by atoms with E-state index in [0.717, 1.165) is 15.6 Å². The summed E-state index contributed by atoms with van der Waals surface area (Å²) in [6.45, 7) is 0. The highest BCUT2D eigenvalue weighted by Gasteiger charge is 2.19. The van der Waals surface area contributed by atoms with Crippen LogP contribution in [0.2, 0.25) is 0 Å². The molecule has 0 amide bonds. The van der Waals surface area contributed by atoms with Crippen molar-refractivity contribution in [2.75, 3.05) is 19.6 Å². The van der Waals surface area contributed by atoms with E-state index in [1.54, 1.807) is 13.3 Å². The zero-order valence-corrected chi connectivity index (χ0v) is 17.0. The summed E-state index contributed by atoms with van der Waals surface area (Å²) >= 11 is 4.61. The van der Waals surface area contributed by atoms with Crippen molar-refractivity contribution in [3.8, 4) is 17.0 Å². The molecule has 27 heavy (non-hydrogen) atoms. The van der Waals surface area contributed by atoms with E-state index in [1.165, 1.54) is 18.4 Å². The van der Waals surface area contributed by atoms with Gasteiger partial charge in [0.1, 0.15) is 10.6 Å². The van der Waals surface area contributed by atoms with Gasteiger partial charge in [-0.1, -0.05) is 57.6 Å². The SMILES string of the molecule is COC(=O)c1sc(N/N=C\c2cc(Br)ccc2OC)nc1-c1ccccc1. The third-order valence-corrected chi connectivity index (χ3v) is 5.03. The van der Waals surface area contributed by atoms with E-state index in [2.05, 4.69) is 31.4 Å². The van der Waals surface area contributed by atoms with Crippen LogP contribution in [0, 0.1) is 0 Å². The fourth-order valence-electron chi connectivity index (χ4n) is 2.35. The van der Waals surface area contributed by atoms with Crippen LogP contribution >= 0.6 is 27.3 Å². The Kier molecular flexibility index (Phi) is 6.20. The quantitative estimate of drug-likeness (QED) is 0.334. The van der Waals surface area contributed by atoms with Crippen LogP contribution in [0.15, 0.2) is 58.1 Å². The number of anilines is 1.